The van der Waals surface area contributed by atoms with E-state index >= 15 is 0 Å². The highest BCUT2D eigenvalue weighted by Gasteiger charge is 2.33. The zero-order chi connectivity index (χ0) is 29.6. The number of ketones is 2. The zero-order valence-electron chi connectivity index (χ0n) is 26.6. The van der Waals surface area contributed by atoms with E-state index in [4.69, 9.17) is 0 Å². The van der Waals surface area contributed by atoms with Crippen LogP contribution in [0.4, 0.5) is 0 Å². The van der Waals surface area contributed by atoms with Gasteiger partial charge in [0.25, 0.3) is 0 Å². The molecule has 0 radical (unpaired) electrons. The van der Waals surface area contributed by atoms with Gasteiger partial charge in [0.1, 0.15) is 0 Å². The smallest absolute Gasteiger partial charge is 0.194 e. The maximum atomic E-state index is 13.8. The maximum Gasteiger partial charge on any atom is 0.194 e. The van der Waals surface area contributed by atoms with Crippen molar-refractivity contribution in [2.45, 2.75) is 113 Å². The third kappa shape index (κ3) is 6.71. The van der Waals surface area contributed by atoms with Crippen LogP contribution in [-0.4, -0.2) is 11.6 Å². The second kappa shape index (κ2) is 10.7. The molecule has 0 saturated heterocycles. The van der Waals surface area contributed by atoms with Gasteiger partial charge in [0.2, 0.25) is 0 Å². The van der Waals surface area contributed by atoms with E-state index in [1.165, 1.54) is 11.1 Å². The molecule has 0 heterocycles. The molecule has 0 aliphatic heterocycles. The second-order valence-electron chi connectivity index (χ2n) is 15.0. The van der Waals surface area contributed by atoms with Crippen LogP contribution >= 0.6 is 0 Å². The predicted octanol–water partition coefficient (Wildman–Crippen LogP) is 10.2. The summed E-state index contributed by atoms with van der Waals surface area (Å²) in [6, 6.07) is 11.7. The number of carbonyl (C=O) groups excluding carboxylic acids is 2. The minimum atomic E-state index is -0.159. The lowest BCUT2D eigenvalue weighted by molar-refractivity contribution is 0.0978. The van der Waals surface area contributed by atoms with E-state index in [2.05, 4.69) is 95.2 Å². The van der Waals surface area contributed by atoms with E-state index in [9.17, 15) is 9.59 Å². The molecule has 3 rings (SSSR count). The zero-order valence-corrected chi connectivity index (χ0v) is 26.6. The summed E-state index contributed by atoms with van der Waals surface area (Å²) in [5, 5.41) is 0. The normalized spacial score (nSPS) is 15.4. The van der Waals surface area contributed by atoms with Crippen LogP contribution in [0.25, 0.3) is 0 Å². The SMILES string of the molecule is C/C(=C\CCC(C)(C)c1ccc2c(c1)C(=O)c1cc(C(C)(C)C/C=C(\C)C(C)(C)C)ccc1C2=O)C(C)(C)C. The van der Waals surface area contributed by atoms with Crippen molar-refractivity contribution < 1.29 is 9.59 Å². The predicted molar refractivity (Wildman–Crippen MR) is 166 cm³/mol. The van der Waals surface area contributed by atoms with E-state index in [1.807, 2.05) is 36.4 Å². The molecule has 0 aromatic heterocycles. The number of allylic oxidation sites excluding steroid dienone is 4. The maximum absolute atomic E-state index is 13.8. The summed E-state index contributed by atoms with van der Waals surface area (Å²) in [5.41, 5.74) is 7.07. The van der Waals surface area contributed by atoms with Gasteiger partial charge in [0, 0.05) is 22.3 Å². The van der Waals surface area contributed by atoms with Gasteiger partial charge in [-0.05, 0) is 90.2 Å². The molecule has 210 valence electrons. The van der Waals surface area contributed by atoms with E-state index in [1.54, 1.807) is 0 Å². The molecule has 0 fully saturated rings. The average molecular weight is 527 g/mol. The lowest BCUT2D eigenvalue weighted by atomic mass is 9.74. The fourth-order valence-electron chi connectivity index (χ4n) is 4.92. The first kappa shape index (κ1) is 30.8. The third-order valence-electron chi connectivity index (χ3n) is 9.09. The summed E-state index contributed by atoms with van der Waals surface area (Å²) >= 11 is 0. The Balaban J connectivity index is 1.93. The van der Waals surface area contributed by atoms with Gasteiger partial charge in [-0.25, -0.2) is 0 Å². The molecule has 0 unspecified atom stereocenters. The largest absolute Gasteiger partial charge is 0.289 e. The fourth-order valence-corrected chi connectivity index (χ4v) is 4.92. The van der Waals surface area contributed by atoms with Crippen LogP contribution in [0.2, 0.25) is 0 Å². The van der Waals surface area contributed by atoms with Crippen molar-refractivity contribution in [1.29, 1.82) is 0 Å². The van der Waals surface area contributed by atoms with Crippen molar-refractivity contribution >= 4 is 11.6 Å². The number of hydrogen-bond donors (Lipinski definition) is 0. The minimum Gasteiger partial charge on any atom is -0.289 e. The molecule has 0 spiro atoms. The molecule has 2 heteroatoms. The van der Waals surface area contributed by atoms with E-state index < -0.39 is 0 Å². The van der Waals surface area contributed by atoms with Crippen LogP contribution in [0, 0.1) is 10.8 Å². The van der Waals surface area contributed by atoms with Crippen LogP contribution in [0.1, 0.15) is 145 Å². The van der Waals surface area contributed by atoms with E-state index in [-0.39, 0.29) is 33.2 Å². The van der Waals surface area contributed by atoms with Gasteiger partial charge in [0.15, 0.2) is 11.6 Å². The summed E-state index contributed by atoms with van der Waals surface area (Å²) in [6.45, 7) is 26.7. The standard InChI is InChI=1S/C37H50O2/c1-24(34(3,4)5)14-13-20-36(9,10)26-15-17-28-30(22-26)33(39)31-23-27(16-18-29(31)32(28)38)37(11,12)21-19-25(2)35(6,7)8/h14-19,22-23H,13,20-21H2,1-12H3/b24-14+,25-19+. The van der Waals surface area contributed by atoms with Gasteiger partial charge in [-0.15, -0.1) is 0 Å². The molecule has 0 amide bonds. The van der Waals surface area contributed by atoms with E-state index in [0.29, 0.717) is 22.3 Å². The average Bonchev–Trinajstić information content (AvgIpc) is 2.83. The van der Waals surface area contributed by atoms with Crippen molar-refractivity contribution in [3.63, 3.8) is 0 Å². The van der Waals surface area contributed by atoms with Crippen LogP contribution in [0.15, 0.2) is 59.7 Å². The molecule has 1 aliphatic carbocycles. The topological polar surface area (TPSA) is 34.1 Å². The molecule has 2 aromatic rings. The first-order valence-electron chi connectivity index (χ1n) is 14.5. The van der Waals surface area contributed by atoms with Gasteiger partial charge in [0.05, 0.1) is 0 Å². The molecule has 2 aromatic carbocycles. The summed E-state index contributed by atoms with van der Waals surface area (Å²) in [5.74, 6) is -0.0969. The Hall–Kier alpha value is -2.74. The number of rotatable bonds is 7. The molecule has 0 saturated carbocycles. The summed E-state index contributed by atoms with van der Waals surface area (Å²) in [4.78, 5) is 27.3. The summed E-state index contributed by atoms with van der Waals surface area (Å²) < 4.78 is 0. The van der Waals surface area contributed by atoms with Crippen molar-refractivity contribution in [1.82, 2.24) is 0 Å². The molecular weight excluding hydrogens is 476 g/mol. The first-order valence-corrected chi connectivity index (χ1v) is 14.5. The Labute approximate surface area is 238 Å². The quantitative estimate of drug-likeness (QED) is 0.287. The molecule has 0 bridgehead atoms. The fraction of sp³-hybridized carbons (Fsp3) is 0.514. The first-order chi connectivity index (χ1) is 17.8. The number of carbonyl (C=O) groups is 2. The van der Waals surface area contributed by atoms with Crippen LogP contribution in [0.5, 0.6) is 0 Å². The molecule has 0 atom stereocenters. The Morgan fingerprint density at radius 2 is 1.00 bits per heavy atom. The highest BCUT2D eigenvalue weighted by molar-refractivity contribution is 6.28. The number of hydrogen-bond acceptors (Lipinski definition) is 2. The molecule has 39 heavy (non-hydrogen) atoms. The molecular formula is C37H50O2. The molecule has 1 aliphatic rings. The summed E-state index contributed by atoms with van der Waals surface area (Å²) in [7, 11) is 0. The van der Waals surface area contributed by atoms with Crippen molar-refractivity contribution in [2.75, 3.05) is 0 Å². The third-order valence-corrected chi connectivity index (χ3v) is 9.09. The number of benzene rings is 2. The summed E-state index contributed by atoms with van der Waals surface area (Å²) in [6.07, 6.45) is 7.47. The lowest BCUT2D eigenvalue weighted by Gasteiger charge is -2.29. The highest BCUT2D eigenvalue weighted by atomic mass is 16.1. The van der Waals surface area contributed by atoms with Crippen molar-refractivity contribution in [3.8, 4) is 0 Å². The molecule has 0 N–H and O–H groups in total. The minimum absolute atomic E-state index is 0.0419. The Morgan fingerprint density at radius 1 is 0.590 bits per heavy atom. The van der Waals surface area contributed by atoms with Gasteiger partial charge in [-0.1, -0.05) is 105 Å². The van der Waals surface area contributed by atoms with Crippen LogP contribution in [0.3, 0.4) is 0 Å². The van der Waals surface area contributed by atoms with E-state index in [0.717, 1.165) is 30.4 Å². The Bertz CT molecular complexity index is 1330. The van der Waals surface area contributed by atoms with Gasteiger partial charge in [-0.2, -0.15) is 0 Å². The van der Waals surface area contributed by atoms with Crippen LogP contribution in [-0.2, 0) is 10.8 Å². The Kier molecular flexibility index (Phi) is 8.43. The van der Waals surface area contributed by atoms with Crippen molar-refractivity contribution in [3.05, 3.63) is 93.1 Å². The van der Waals surface area contributed by atoms with Crippen molar-refractivity contribution in [2.24, 2.45) is 10.8 Å². The second-order valence-corrected chi connectivity index (χ2v) is 15.0. The lowest BCUT2D eigenvalue weighted by Crippen LogP contribution is -2.25. The monoisotopic (exact) mass is 526 g/mol. The Morgan fingerprint density at radius 3 is 1.46 bits per heavy atom. The number of fused-ring (bicyclic) bond motifs is 2. The highest BCUT2D eigenvalue weighted by Crippen LogP contribution is 2.37. The van der Waals surface area contributed by atoms with Gasteiger partial charge in [-0.3, -0.25) is 9.59 Å². The van der Waals surface area contributed by atoms with Gasteiger partial charge >= 0.3 is 0 Å². The van der Waals surface area contributed by atoms with Crippen LogP contribution < -0.4 is 0 Å². The van der Waals surface area contributed by atoms with Gasteiger partial charge < -0.3 is 0 Å². The molecule has 2 nitrogen and oxygen atoms in total.